The van der Waals surface area contributed by atoms with Gasteiger partial charge in [-0.05, 0) is 44.9 Å². The molecule has 0 bridgehead atoms. The number of nitrogens with two attached hydrogens (primary N) is 1. The Kier molecular flexibility index (Phi) is 34.5. The van der Waals surface area contributed by atoms with Crippen LogP contribution in [-0.4, -0.2) is 49.9 Å². The number of unbranched alkanes of at least 4 members (excludes halogenated alkanes) is 19. The number of hydrogen-bond donors (Lipinski definition) is 2. The molecule has 0 fully saturated rings. The van der Waals surface area contributed by atoms with E-state index in [-0.39, 0.29) is 32.3 Å². The summed E-state index contributed by atoms with van der Waals surface area (Å²) in [6, 6.07) is 0. The van der Waals surface area contributed by atoms with Gasteiger partial charge in [-0.1, -0.05) is 141 Å². The van der Waals surface area contributed by atoms with E-state index in [1.165, 1.54) is 89.9 Å². The smallest absolute Gasteiger partial charge is 0.457 e. The molecule has 0 saturated carbocycles. The molecule has 0 heterocycles. The van der Waals surface area contributed by atoms with Gasteiger partial charge < -0.3 is 20.1 Å². The van der Waals surface area contributed by atoms with E-state index >= 15 is 0 Å². The van der Waals surface area contributed by atoms with Crippen molar-refractivity contribution in [3.63, 3.8) is 0 Å². The highest BCUT2D eigenvalue weighted by Gasteiger charge is 2.25. The molecule has 8 nitrogen and oxygen atoms in total. The van der Waals surface area contributed by atoms with Crippen LogP contribution in [0.5, 0.6) is 0 Å². The first-order valence-electron chi connectivity index (χ1n) is 18.8. The largest absolute Gasteiger partial charge is 0.472 e. The summed E-state index contributed by atoms with van der Waals surface area (Å²) >= 11 is 0. The maximum atomic E-state index is 12.5. The molecule has 0 aliphatic heterocycles. The molecule has 0 rings (SSSR count). The zero-order valence-corrected chi connectivity index (χ0v) is 30.7. The van der Waals surface area contributed by atoms with Crippen LogP contribution in [0.2, 0.25) is 0 Å². The van der Waals surface area contributed by atoms with Crippen molar-refractivity contribution in [2.24, 2.45) is 5.73 Å². The van der Waals surface area contributed by atoms with Gasteiger partial charge >= 0.3 is 13.8 Å². The predicted molar refractivity (Wildman–Crippen MR) is 192 cm³/mol. The van der Waals surface area contributed by atoms with Crippen molar-refractivity contribution < 1.29 is 32.8 Å². The molecule has 0 spiro atoms. The summed E-state index contributed by atoms with van der Waals surface area (Å²) in [5.41, 5.74) is 5.35. The second-order valence-electron chi connectivity index (χ2n) is 12.4. The fourth-order valence-corrected chi connectivity index (χ4v) is 5.85. The Morgan fingerprint density at radius 3 is 1.74 bits per heavy atom. The number of allylic oxidation sites excluding steroid dienone is 4. The third-order valence-electron chi connectivity index (χ3n) is 7.87. The Morgan fingerprint density at radius 1 is 0.652 bits per heavy atom. The number of hydrogen-bond acceptors (Lipinski definition) is 7. The Bertz CT molecular complexity index is 762. The molecule has 0 aliphatic carbocycles. The highest BCUT2D eigenvalue weighted by Crippen LogP contribution is 2.43. The molecular formula is C37H72NO7P. The van der Waals surface area contributed by atoms with Gasteiger partial charge in [-0.15, -0.1) is 0 Å². The summed E-state index contributed by atoms with van der Waals surface area (Å²) in [6.45, 7) is 4.88. The molecule has 2 atom stereocenters. The van der Waals surface area contributed by atoms with Crippen molar-refractivity contribution >= 4 is 13.8 Å². The zero-order chi connectivity index (χ0) is 33.8. The third-order valence-corrected chi connectivity index (χ3v) is 8.86. The van der Waals surface area contributed by atoms with Crippen LogP contribution < -0.4 is 5.73 Å². The quantitative estimate of drug-likeness (QED) is 0.0292. The number of phosphoric ester groups is 1. The lowest BCUT2D eigenvalue weighted by molar-refractivity contribution is -0.154. The fraction of sp³-hybridized carbons (Fsp3) is 0.865. The summed E-state index contributed by atoms with van der Waals surface area (Å²) in [6.07, 6.45) is 36.1. The van der Waals surface area contributed by atoms with Crippen molar-refractivity contribution in [1.29, 1.82) is 0 Å². The molecule has 0 aromatic carbocycles. The highest BCUT2D eigenvalue weighted by atomic mass is 31.2. The van der Waals surface area contributed by atoms with Crippen LogP contribution in [0.1, 0.15) is 168 Å². The second-order valence-corrected chi connectivity index (χ2v) is 13.9. The first-order valence-corrected chi connectivity index (χ1v) is 20.3. The number of rotatable bonds is 36. The molecule has 2 unspecified atom stereocenters. The van der Waals surface area contributed by atoms with Crippen LogP contribution in [0.4, 0.5) is 0 Å². The lowest BCUT2D eigenvalue weighted by atomic mass is 10.1. The van der Waals surface area contributed by atoms with Crippen molar-refractivity contribution in [3.8, 4) is 0 Å². The van der Waals surface area contributed by atoms with E-state index in [1.807, 2.05) is 0 Å². The fourth-order valence-electron chi connectivity index (χ4n) is 5.08. The van der Waals surface area contributed by atoms with Crippen molar-refractivity contribution in [2.45, 2.75) is 174 Å². The maximum Gasteiger partial charge on any atom is 0.472 e. The van der Waals surface area contributed by atoms with Gasteiger partial charge in [-0.25, -0.2) is 4.57 Å². The number of phosphoric acid groups is 1. The van der Waals surface area contributed by atoms with Gasteiger partial charge in [-0.3, -0.25) is 13.8 Å². The zero-order valence-electron chi connectivity index (χ0n) is 29.8. The van der Waals surface area contributed by atoms with Gasteiger partial charge in [0.2, 0.25) is 0 Å². The SMILES string of the molecule is CCCCC/C=C\C/C=C\CCCCCCCC(=O)OC(COCCCCCCCCCCCCCC)COP(=O)(O)OCCN. The van der Waals surface area contributed by atoms with Crippen LogP contribution >= 0.6 is 7.82 Å². The normalized spacial score (nSPS) is 13.9. The molecular weight excluding hydrogens is 601 g/mol. The lowest BCUT2D eigenvalue weighted by Crippen LogP contribution is -2.28. The minimum absolute atomic E-state index is 0.0967. The van der Waals surface area contributed by atoms with Gasteiger partial charge in [0.1, 0.15) is 6.10 Å². The molecule has 0 saturated heterocycles. The predicted octanol–water partition coefficient (Wildman–Crippen LogP) is 10.5. The van der Waals surface area contributed by atoms with Crippen LogP contribution in [0.3, 0.4) is 0 Å². The van der Waals surface area contributed by atoms with Crippen LogP contribution in [0, 0.1) is 0 Å². The van der Waals surface area contributed by atoms with E-state index < -0.39 is 13.9 Å². The molecule has 0 radical (unpaired) electrons. The van der Waals surface area contributed by atoms with E-state index in [2.05, 4.69) is 38.2 Å². The molecule has 0 aromatic rings. The van der Waals surface area contributed by atoms with E-state index in [0.717, 1.165) is 57.8 Å². The Labute approximate surface area is 283 Å². The minimum Gasteiger partial charge on any atom is -0.457 e. The van der Waals surface area contributed by atoms with Crippen LogP contribution in [-0.2, 0) is 27.9 Å². The molecule has 9 heteroatoms. The first-order chi connectivity index (χ1) is 22.4. The van der Waals surface area contributed by atoms with Gasteiger partial charge in [-0.2, -0.15) is 0 Å². The summed E-state index contributed by atoms with van der Waals surface area (Å²) in [5, 5.41) is 0. The standard InChI is InChI=1S/C37H72NO7P/c1-3-5-7-9-11-13-15-17-18-19-20-22-24-26-28-30-37(39)45-36(35-44-46(40,41)43-33-31-38)34-42-32-29-27-25-23-21-16-14-12-10-8-6-4-2/h11,13,17-18,36H,3-10,12,14-16,19-35,38H2,1-2H3,(H,40,41)/b13-11-,18-17-. The van der Waals surface area contributed by atoms with E-state index in [9.17, 15) is 14.3 Å². The van der Waals surface area contributed by atoms with Crippen molar-refractivity contribution in [1.82, 2.24) is 0 Å². The number of ether oxygens (including phenoxy) is 2. The van der Waals surface area contributed by atoms with Crippen LogP contribution in [0.25, 0.3) is 0 Å². The molecule has 0 aliphatic rings. The van der Waals surface area contributed by atoms with E-state index in [4.69, 9.17) is 24.3 Å². The van der Waals surface area contributed by atoms with Gasteiger partial charge in [0, 0.05) is 19.6 Å². The summed E-state index contributed by atoms with van der Waals surface area (Å²) < 4.78 is 33.3. The summed E-state index contributed by atoms with van der Waals surface area (Å²) in [7, 11) is -4.27. The average molecular weight is 674 g/mol. The van der Waals surface area contributed by atoms with Crippen molar-refractivity contribution in [2.75, 3.05) is 33.0 Å². The first kappa shape index (κ1) is 45.0. The Morgan fingerprint density at radius 2 is 1.15 bits per heavy atom. The summed E-state index contributed by atoms with van der Waals surface area (Å²) in [5.74, 6) is -0.344. The highest BCUT2D eigenvalue weighted by molar-refractivity contribution is 7.47. The minimum atomic E-state index is -4.27. The lowest BCUT2D eigenvalue weighted by Gasteiger charge is -2.20. The number of esters is 1. The van der Waals surface area contributed by atoms with Crippen LogP contribution in [0.15, 0.2) is 24.3 Å². The van der Waals surface area contributed by atoms with E-state index in [0.29, 0.717) is 13.0 Å². The molecule has 272 valence electrons. The van der Waals surface area contributed by atoms with Crippen molar-refractivity contribution in [3.05, 3.63) is 24.3 Å². The molecule has 0 amide bonds. The molecule has 3 N–H and O–H groups in total. The van der Waals surface area contributed by atoms with Gasteiger partial charge in [0.05, 0.1) is 19.8 Å². The van der Waals surface area contributed by atoms with Gasteiger partial charge in [0.15, 0.2) is 0 Å². The number of carbonyl (C=O) groups excluding carboxylic acids is 1. The van der Waals surface area contributed by atoms with E-state index in [1.54, 1.807) is 0 Å². The second kappa shape index (κ2) is 35.3. The monoisotopic (exact) mass is 674 g/mol. The van der Waals surface area contributed by atoms with Gasteiger partial charge in [0.25, 0.3) is 0 Å². The third kappa shape index (κ3) is 34.3. The average Bonchev–Trinajstić information content (AvgIpc) is 3.04. The topological polar surface area (TPSA) is 117 Å². The Hall–Kier alpha value is -1.02. The maximum absolute atomic E-state index is 12.5. The molecule has 0 aromatic heterocycles. The number of carbonyl (C=O) groups is 1. The molecule has 46 heavy (non-hydrogen) atoms. The summed E-state index contributed by atoms with van der Waals surface area (Å²) in [4.78, 5) is 22.3. The Balaban J connectivity index is 4.12.